The highest BCUT2D eigenvalue weighted by Gasteiger charge is 2.25. The van der Waals surface area contributed by atoms with Crippen molar-refractivity contribution in [1.82, 2.24) is 20.6 Å². The summed E-state index contributed by atoms with van der Waals surface area (Å²) in [4.78, 5) is 0. The summed E-state index contributed by atoms with van der Waals surface area (Å²) in [6.45, 7) is 0.399. The molecule has 0 unspecified atom stereocenters. The van der Waals surface area contributed by atoms with E-state index in [4.69, 9.17) is 9.47 Å². The van der Waals surface area contributed by atoms with Crippen LogP contribution in [0.15, 0.2) is 24.3 Å². The summed E-state index contributed by atoms with van der Waals surface area (Å²) in [7, 11) is 0. The van der Waals surface area contributed by atoms with Gasteiger partial charge in [-0.3, -0.25) is 0 Å². The Morgan fingerprint density at radius 3 is 2.93 bits per heavy atom. The van der Waals surface area contributed by atoms with Crippen molar-refractivity contribution in [1.29, 1.82) is 0 Å². The summed E-state index contributed by atoms with van der Waals surface area (Å²) < 4.78 is 11.2. The molecule has 1 aliphatic heterocycles. The molecule has 1 aromatic heterocycles. The Balaban J connectivity index is 1.89. The smallest absolute Gasteiger partial charge is 0.218 e. The number of nitrogens with one attached hydrogen (secondary N) is 1. The lowest BCUT2D eigenvalue weighted by Gasteiger charge is -2.23. The molecule has 0 saturated heterocycles. The van der Waals surface area contributed by atoms with Crippen molar-refractivity contribution in [2.45, 2.75) is 6.10 Å². The molecule has 0 saturated carbocycles. The summed E-state index contributed by atoms with van der Waals surface area (Å²) in [5.74, 6) is 1.96. The predicted molar refractivity (Wildman–Crippen MR) is 49.5 cm³/mol. The van der Waals surface area contributed by atoms with Crippen LogP contribution >= 0.6 is 0 Å². The third-order valence-corrected chi connectivity index (χ3v) is 2.16. The van der Waals surface area contributed by atoms with E-state index in [0.717, 1.165) is 5.75 Å². The van der Waals surface area contributed by atoms with Gasteiger partial charge in [-0.1, -0.05) is 17.3 Å². The molecule has 0 fully saturated rings. The van der Waals surface area contributed by atoms with Gasteiger partial charge in [0.05, 0.1) is 0 Å². The van der Waals surface area contributed by atoms with Gasteiger partial charge in [-0.05, 0) is 12.1 Å². The van der Waals surface area contributed by atoms with Gasteiger partial charge < -0.3 is 9.47 Å². The molecule has 3 rings (SSSR count). The van der Waals surface area contributed by atoms with Crippen LogP contribution in [-0.2, 0) is 0 Å². The number of para-hydroxylation sites is 2. The molecule has 15 heavy (non-hydrogen) atoms. The number of hydrogen-bond acceptors (Lipinski definition) is 5. The van der Waals surface area contributed by atoms with Crippen molar-refractivity contribution >= 4 is 0 Å². The number of H-pyrrole nitrogens is 1. The fourth-order valence-corrected chi connectivity index (χ4v) is 1.45. The zero-order valence-corrected chi connectivity index (χ0v) is 7.75. The maximum absolute atomic E-state index is 5.67. The SMILES string of the molecule is c1ccc2c(c1)OC[C@H](c1nn[nH]n1)O2. The Bertz CT molecular complexity index is 457. The Morgan fingerprint density at radius 2 is 2.13 bits per heavy atom. The van der Waals surface area contributed by atoms with Crippen molar-refractivity contribution in [3.05, 3.63) is 30.1 Å². The maximum atomic E-state index is 5.67. The molecule has 0 aliphatic carbocycles. The number of fused-ring (bicyclic) bond motifs is 1. The topological polar surface area (TPSA) is 72.9 Å². The minimum atomic E-state index is -0.293. The van der Waals surface area contributed by atoms with E-state index in [0.29, 0.717) is 18.2 Å². The average Bonchev–Trinajstić information content (AvgIpc) is 2.82. The van der Waals surface area contributed by atoms with E-state index in [-0.39, 0.29) is 6.10 Å². The lowest BCUT2D eigenvalue weighted by molar-refractivity contribution is 0.0851. The van der Waals surface area contributed by atoms with Gasteiger partial charge in [0, 0.05) is 0 Å². The lowest BCUT2D eigenvalue weighted by atomic mass is 10.2. The molecule has 0 amide bonds. The molecule has 0 bridgehead atoms. The first-order valence-electron chi connectivity index (χ1n) is 4.55. The van der Waals surface area contributed by atoms with Crippen molar-refractivity contribution in [2.75, 3.05) is 6.61 Å². The minimum absolute atomic E-state index is 0.293. The highest BCUT2D eigenvalue weighted by molar-refractivity contribution is 5.40. The normalized spacial score (nSPS) is 18.8. The summed E-state index contributed by atoms with van der Waals surface area (Å²) in [5, 5.41) is 13.6. The zero-order chi connectivity index (χ0) is 10.1. The molecular formula is C9H8N4O2. The predicted octanol–water partition coefficient (Wildman–Crippen LogP) is 0.712. The molecule has 6 nitrogen and oxygen atoms in total. The van der Waals surface area contributed by atoms with Crippen molar-refractivity contribution < 1.29 is 9.47 Å². The van der Waals surface area contributed by atoms with Crippen LogP contribution < -0.4 is 9.47 Å². The van der Waals surface area contributed by atoms with Gasteiger partial charge in [0.2, 0.25) is 5.82 Å². The van der Waals surface area contributed by atoms with Crippen molar-refractivity contribution in [2.24, 2.45) is 0 Å². The van der Waals surface area contributed by atoms with E-state index in [1.54, 1.807) is 0 Å². The van der Waals surface area contributed by atoms with Crippen LogP contribution in [0.4, 0.5) is 0 Å². The number of ether oxygens (including phenoxy) is 2. The van der Waals surface area contributed by atoms with Crippen LogP contribution in [0.2, 0.25) is 0 Å². The van der Waals surface area contributed by atoms with E-state index in [2.05, 4.69) is 20.6 Å². The van der Waals surface area contributed by atoms with Crippen LogP contribution in [0.3, 0.4) is 0 Å². The second-order valence-electron chi connectivity index (χ2n) is 3.13. The van der Waals surface area contributed by atoms with Gasteiger partial charge in [0.1, 0.15) is 6.61 Å². The van der Waals surface area contributed by atoms with Gasteiger partial charge in [-0.15, -0.1) is 10.2 Å². The van der Waals surface area contributed by atoms with Crippen LogP contribution in [0.1, 0.15) is 11.9 Å². The number of benzene rings is 1. The second-order valence-corrected chi connectivity index (χ2v) is 3.13. The van der Waals surface area contributed by atoms with E-state index in [1.165, 1.54) is 0 Å². The zero-order valence-electron chi connectivity index (χ0n) is 7.75. The maximum Gasteiger partial charge on any atom is 0.218 e. The molecule has 2 heterocycles. The molecule has 1 atom stereocenters. The Kier molecular flexibility index (Phi) is 1.77. The molecule has 76 valence electrons. The summed E-state index contributed by atoms with van der Waals surface area (Å²) in [6, 6.07) is 7.50. The lowest BCUT2D eigenvalue weighted by Crippen LogP contribution is -2.22. The number of nitrogens with zero attached hydrogens (tertiary/aromatic N) is 3. The van der Waals surface area contributed by atoms with E-state index in [1.807, 2.05) is 24.3 Å². The Morgan fingerprint density at radius 1 is 1.27 bits per heavy atom. The fourth-order valence-electron chi connectivity index (χ4n) is 1.45. The number of hydrogen-bond donors (Lipinski definition) is 1. The van der Waals surface area contributed by atoms with E-state index < -0.39 is 0 Å². The van der Waals surface area contributed by atoms with E-state index in [9.17, 15) is 0 Å². The standard InChI is InChI=1S/C9H8N4O2/c1-2-4-7-6(3-1)14-5-8(15-7)9-10-12-13-11-9/h1-4,8H,5H2,(H,10,11,12,13)/t8-/m1/s1. The first-order chi connectivity index (χ1) is 7.43. The van der Waals surface area contributed by atoms with Crippen molar-refractivity contribution in [3.8, 4) is 11.5 Å². The molecule has 2 aromatic rings. The van der Waals surface area contributed by atoms with Gasteiger partial charge in [0.15, 0.2) is 17.6 Å². The fraction of sp³-hybridized carbons (Fsp3) is 0.222. The molecule has 6 heteroatoms. The van der Waals surface area contributed by atoms with Crippen LogP contribution in [0.5, 0.6) is 11.5 Å². The number of aromatic amines is 1. The first-order valence-corrected chi connectivity index (χ1v) is 4.55. The highest BCUT2D eigenvalue weighted by Crippen LogP contribution is 2.34. The minimum Gasteiger partial charge on any atom is -0.485 e. The number of rotatable bonds is 1. The van der Waals surface area contributed by atoms with Gasteiger partial charge in [-0.2, -0.15) is 5.21 Å². The van der Waals surface area contributed by atoms with Crippen LogP contribution in [0.25, 0.3) is 0 Å². The number of aromatic nitrogens is 4. The summed E-state index contributed by atoms with van der Waals surface area (Å²) >= 11 is 0. The van der Waals surface area contributed by atoms with Gasteiger partial charge in [0.25, 0.3) is 0 Å². The third kappa shape index (κ3) is 1.39. The monoisotopic (exact) mass is 204 g/mol. The largest absolute Gasteiger partial charge is 0.485 e. The first kappa shape index (κ1) is 8.22. The molecule has 0 spiro atoms. The Labute approximate surface area is 85.2 Å². The third-order valence-electron chi connectivity index (χ3n) is 2.16. The molecular weight excluding hydrogens is 196 g/mol. The van der Waals surface area contributed by atoms with Gasteiger partial charge in [-0.25, -0.2) is 0 Å². The molecule has 1 aliphatic rings. The molecule has 1 N–H and O–H groups in total. The summed E-state index contributed by atoms with van der Waals surface area (Å²) in [6.07, 6.45) is -0.293. The van der Waals surface area contributed by atoms with Crippen LogP contribution in [0, 0.1) is 0 Å². The number of tetrazole rings is 1. The second kappa shape index (κ2) is 3.23. The van der Waals surface area contributed by atoms with Crippen molar-refractivity contribution in [3.63, 3.8) is 0 Å². The highest BCUT2D eigenvalue weighted by atomic mass is 16.6. The van der Waals surface area contributed by atoms with Gasteiger partial charge >= 0.3 is 0 Å². The quantitative estimate of drug-likeness (QED) is 0.740. The Hall–Kier alpha value is -2.11. The van der Waals surface area contributed by atoms with Crippen LogP contribution in [-0.4, -0.2) is 27.2 Å². The summed E-state index contributed by atoms with van der Waals surface area (Å²) in [5.41, 5.74) is 0. The molecule has 1 aromatic carbocycles. The van der Waals surface area contributed by atoms with E-state index >= 15 is 0 Å². The average molecular weight is 204 g/mol. The molecule has 0 radical (unpaired) electrons.